The van der Waals surface area contributed by atoms with Crippen LogP contribution < -0.4 is 16.7 Å². The molecule has 148 valence electrons. The van der Waals surface area contributed by atoms with Gasteiger partial charge in [0.25, 0.3) is 5.56 Å². The number of anilines is 1. The summed E-state index contributed by atoms with van der Waals surface area (Å²) in [7, 11) is 1.53. The Kier molecular flexibility index (Phi) is 5.74. The van der Waals surface area contributed by atoms with Gasteiger partial charge in [0.05, 0.1) is 18.4 Å². The second-order valence-corrected chi connectivity index (χ2v) is 6.67. The van der Waals surface area contributed by atoms with Gasteiger partial charge in [0.15, 0.2) is 11.2 Å². The van der Waals surface area contributed by atoms with E-state index in [1.807, 2.05) is 30.3 Å². The normalized spacial score (nSPS) is 13.1. The Morgan fingerprint density at radius 2 is 2.04 bits per heavy atom. The number of hydrogen-bond acceptors (Lipinski definition) is 6. The van der Waals surface area contributed by atoms with Crippen LogP contribution >= 0.6 is 0 Å². The molecule has 0 spiro atoms. The number of rotatable bonds is 7. The number of hydrogen-bond donors (Lipinski definition) is 3. The van der Waals surface area contributed by atoms with E-state index in [2.05, 4.69) is 27.4 Å². The third kappa shape index (κ3) is 3.89. The van der Waals surface area contributed by atoms with Crippen LogP contribution in [0.15, 0.2) is 45.0 Å². The summed E-state index contributed by atoms with van der Waals surface area (Å²) in [4.78, 5) is 30.9. The highest BCUT2D eigenvalue weighted by Gasteiger charge is 2.18. The number of fused-ring (bicyclic) bond motifs is 1. The largest absolute Gasteiger partial charge is 0.392 e. The van der Waals surface area contributed by atoms with E-state index in [0.29, 0.717) is 0 Å². The molecule has 3 rings (SSSR count). The summed E-state index contributed by atoms with van der Waals surface area (Å²) >= 11 is 0. The van der Waals surface area contributed by atoms with Gasteiger partial charge >= 0.3 is 5.69 Å². The number of nitrogens with one attached hydrogen (secondary N) is 2. The molecule has 0 saturated carbocycles. The van der Waals surface area contributed by atoms with Crippen LogP contribution in [-0.4, -0.2) is 36.0 Å². The monoisotopic (exact) mass is 384 g/mol. The van der Waals surface area contributed by atoms with Crippen molar-refractivity contribution < 1.29 is 5.11 Å². The third-order valence-corrected chi connectivity index (χ3v) is 4.34. The number of H-pyrrole nitrogens is 1. The lowest BCUT2D eigenvalue weighted by Gasteiger charge is -2.11. The molecule has 0 aliphatic rings. The molecule has 0 saturated heterocycles. The van der Waals surface area contributed by atoms with Gasteiger partial charge in [-0.25, -0.2) is 10.2 Å². The number of imidazole rings is 1. The first-order valence-electron chi connectivity index (χ1n) is 9.18. The number of hydrazone groups is 1. The standard InChI is InChI=1S/C19H24N6O3/c1-4-8-14(13-9-6-5-7-10-13)22-23-18-20-16-15(25(18)11-12(2)26)17(27)21-19(28)24(16)3/h5-7,9-10,12,26H,4,8,11H2,1-3H3,(H,20,23)(H,21,27,28)/t12-/m1/s1. The van der Waals surface area contributed by atoms with Gasteiger partial charge in [0, 0.05) is 7.05 Å². The lowest BCUT2D eigenvalue weighted by Crippen LogP contribution is -2.29. The van der Waals surface area contributed by atoms with Gasteiger partial charge in [-0.05, 0) is 18.9 Å². The zero-order valence-corrected chi connectivity index (χ0v) is 16.1. The lowest BCUT2D eigenvalue weighted by atomic mass is 10.1. The molecular formula is C19H24N6O3. The number of aromatic amines is 1. The fourth-order valence-corrected chi connectivity index (χ4v) is 3.01. The molecule has 2 aromatic heterocycles. The van der Waals surface area contributed by atoms with Gasteiger partial charge in [-0.15, -0.1) is 0 Å². The SMILES string of the molecule is CCCC(=NNc1nc2c(c(=O)[nH]c(=O)n2C)n1C[C@@H](C)O)c1ccccc1. The van der Waals surface area contributed by atoms with Crippen molar-refractivity contribution >= 4 is 22.8 Å². The predicted octanol–water partition coefficient (Wildman–Crippen LogP) is 1.42. The Labute approximate surface area is 161 Å². The summed E-state index contributed by atoms with van der Waals surface area (Å²) in [5.41, 5.74) is 4.09. The minimum absolute atomic E-state index is 0.129. The topological polar surface area (TPSA) is 117 Å². The Morgan fingerprint density at radius 3 is 2.68 bits per heavy atom. The number of aliphatic hydroxyl groups is 1. The molecule has 0 bridgehead atoms. The lowest BCUT2D eigenvalue weighted by molar-refractivity contribution is 0.175. The average Bonchev–Trinajstić information content (AvgIpc) is 3.02. The van der Waals surface area contributed by atoms with E-state index in [1.165, 1.54) is 16.2 Å². The number of aliphatic hydroxyl groups excluding tert-OH is 1. The van der Waals surface area contributed by atoms with Crippen molar-refractivity contribution in [3.8, 4) is 0 Å². The maximum absolute atomic E-state index is 12.4. The smallest absolute Gasteiger partial charge is 0.329 e. The van der Waals surface area contributed by atoms with Gasteiger partial charge in [-0.2, -0.15) is 10.1 Å². The van der Waals surface area contributed by atoms with E-state index >= 15 is 0 Å². The van der Waals surface area contributed by atoms with Crippen LogP contribution in [0.2, 0.25) is 0 Å². The van der Waals surface area contributed by atoms with Gasteiger partial charge in [-0.1, -0.05) is 43.7 Å². The molecule has 2 heterocycles. The average molecular weight is 384 g/mol. The molecule has 0 aliphatic carbocycles. The van der Waals surface area contributed by atoms with Crippen molar-refractivity contribution in [2.45, 2.75) is 39.3 Å². The van der Waals surface area contributed by atoms with E-state index in [1.54, 1.807) is 6.92 Å². The molecule has 0 fully saturated rings. The first-order valence-corrected chi connectivity index (χ1v) is 9.18. The third-order valence-electron chi connectivity index (χ3n) is 4.34. The molecule has 1 atom stereocenters. The molecule has 1 aromatic carbocycles. The predicted molar refractivity (Wildman–Crippen MR) is 109 cm³/mol. The van der Waals surface area contributed by atoms with Crippen molar-refractivity contribution in [2.75, 3.05) is 5.43 Å². The highest BCUT2D eigenvalue weighted by molar-refractivity contribution is 6.00. The second-order valence-electron chi connectivity index (χ2n) is 6.67. The highest BCUT2D eigenvalue weighted by Crippen LogP contribution is 2.17. The van der Waals surface area contributed by atoms with Crippen molar-refractivity contribution in [3.05, 3.63) is 56.7 Å². The highest BCUT2D eigenvalue weighted by atomic mass is 16.3. The van der Waals surface area contributed by atoms with Crippen molar-refractivity contribution in [3.63, 3.8) is 0 Å². The molecule has 0 unspecified atom stereocenters. The molecule has 9 nitrogen and oxygen atoms in total. The van der Waals surface area contributed by atoms with Gasteiger partial charge < -0.3 is 9.67 Å². The van der Waals surface area contributed by atoms with E-state index in [-0.39, 0.29) is 23.7 Å². The van der Waals surface area contributed by atoms with Gasteiger partial charge in [0.2, 0.25) is 5.95 Å². The summed E-state index contributed by atoms with van der Waals surface area (Å²) in [6, 6.07) is 9.78. The zero-order valence-electron chi connectivity index (χ0n) is 16.1. The number of aromatic nitrogens is 4. The molecule has 3 aromatic rings. The Balaban J connectivity index is 2.11. The van der Waals surface area contributed by atoms with E-state index in [0.717, 1.165) is 24.1 Å². The summed E-state index contributed by atoms with van der Waals surface area (Å²) in [6.07, 6.45) is 0.947. The first kappa shape index (κ1) is 19.6. The molecule has 0 amide bonds. The maximum atomic E-state index is 12.4. The van der Waals surface area contributed by atoms with E-state index in [4.69, 9.17) is 0 Å². The van der Waals surface area contributed by atoms with Crippen LogP contribution in [0.3, 0.4) is 0 Å². The summed E-state index contributed by atoms with van der Waals surface area (Å²) in [5.74, 6) is 0.284. The van der Waals surface area contributed by atoms with Gasteiger partial charge in [0.1, 0.15) is 0 Å². The first-order chi connectivity index (χ1) is 13.4. The van der Waals surface area contributed by atoms with Crippen molar-refractivity contribution in [2.24, 2.45) is 12.1 Å². The fraction of sp³-hybridized carbons (Fsp3) is 0.368. The molecule has 3 N–H and O–H groups in total. The van der Waals surface area contributed by atoms with Crippen LogP contribution in [0.25, 0.3) is 11.2 Å². The Hall–Kier alpha value is -3.20. The van der Waals surface area contributed by atoms with Crippen molar-refractivity contribution in [1.82, 2.24) is 19.1 Å². The molecule has 0 aliphatic heterocycles. The molecule has 28 heavy (non-hydrogen) atoms. The Morgan fingerprint density at radius 1 is 1.32 bits per heavy atom. The number of benzene rings is 1. The van der Waals surface area contributed by atoms with Crippen LogP contribution in [0.1, 0.15) is 32.3 Å². The van der Waals surface area contributed by atoms with E-state index in [9.17, 15) is 14.7 Å². The Bertz CT molecular complexity index is 1110. The molecule has 9 heteroatoms. The van der Waals surface area contributed by atoms with Crippen LogP contribution in [0, 0.1) is 0 Å². The summed E-state index contributed by atoms with van der Waals surface area (Å²) in [6.45, 7) is 3.81. The summed E-state index contributed by atoms with van der Waals surface area (Å²) < 4.78 is 2.80. The van der Waals surface area contributed by atoms with Crippen LogP contribution in [-0.2, 0) is 13.6 Å². The van der Waals surface area contributed by atoms with Gasteiger partial charge in [-0.3, -0.25) is 14.3 Å². The van der Waals surface area contributed by atoms with Crippen LogP contribution in [0.5, 0.6) is 0 Å². The number of aryl methyl sites for hydroxylation is 1. The second kappa shape index (κ2) is 8.22. The van der Waals surface area contributed by atoms with E-state index < -0.39 is 17.4 Å². The maximum Gasteiger partial charge on any atom is 0.329 e. The number of nitrogens with zero attached hydrogens (tertiary/aromatic N) is 4. The molecular weight excluding hydrogens is 360 g/mol. The fourth-order valence-electron chi connectivity index (χ4n) is 3.01. The van der Waals surface area contributed by atoms with Crippen molar-refractivity contribution in [1.29, 1.82) is 0 Å². The minimum atomic E-state index is -0.720. The van der Waals surface area contributed by atoms with Crippen LogP contribution in [0.4, 0.5) is 5.95 Å². The quantitative estimate of drug-likeness (QED) is 0.421. The summed E-state index contributed by atoms with van der Waals surface area (Å²) in [5, 5.41) is 14.4. The minimum Gasteiger partial charge on any atom is -0.392 e. The molecule has 0 radical (unpaired) electrons. The zero-order chi connectivity index (χ0) is 20.3.